The van der Waals surface area contributed by atoms with E-state index in [2.05, 4.69) is 86.0 Å². The minimum atomic E-state index is 0.145. The molecule has 0 saturated heterocycles. The van der Waals surface area contributed by atoms with Crippen molar-refractivity contribution in [1.29, 1.82) is 0 Å². The van der Waals surface area contributed by atoms with Crippen LogP contribution in [0.3, 0.4) is 0 Å². The third kappa shape index (κ3) is 3.99. The van der Waals surface area contributed by atoms with Crippen LogP contribution in [-0.4, -0.2) is 48.6 Å². The Balaban J connectivity index is 1.49. The van der Waals surface area contributed by atoms with Gasteiger partial charge in [0.2, 0.25) is 0 Å². The molecule has 1 unspecified atom stereocenters. The summed E-state index contributed by atoms with van der Waals surface area (Å²) in [7, 11) is 0. The first-order chi connectivity index (χ1) is 14.2. The van der Waals surface area contributed by atoms with Gasteiger partial charge in [0.05, 0.1) is 17.7 Å². The van der Waals surface area contributed by atoms with Gasteiger partial charge in [0.25, 0.3) is 0 Å². The van der Waals surface area contributed by atoms with E-state index in [1.165, 1.54) is 22.6 Å². The van der Waals surface area contributed by atoms with Gasteiger partial charge in [0, 0.05) is 68.7 Å². The van der Waals surface area contributed by atoms with Crippen molar-refractivity contribution in [2.75, 3.05) is 13.1 Å². The molecule has 5 nitrogen and oxygen atoms in total. The number of imidazole rings is 1. The van der Waals surface area contributed by atoms with Crippen LogP contribution in [0.5, 0.6) is 0 Å². The van der Waals surface area contributed by atoms with Crippen LogP contribution >= 0.6 is 0 Å². The normalized spacial score (nSPS) is 19.4. The van der Waals surface area contributed by atoms with Crippen molar-refractivity contribution >= 4 is 0 Å². The zero-order valence-electron chi connectivity index (χ0n) is 20.1. The highest BCUT2D eigenvalue weighted by molar-refractivity contribution is 5.27. The molecular weight excluding hydrogens is 370 g/mol. The summed E-state index contributed by atoms with van der Waals surface area (Å²) in [4.78, 5) is 10.2. The molecule has 1 atom stereocenters. The number of hydrogen-bond donors (Lipinski definition) is 0. The molecule has 166 valence electrons. The van der Waals surface area contributed by atoms with Crippen LogP contribution in [0, 0.1) is 0 Å². The van der Waals surface area contributed by atoms with Gasteiger partial charge in [-0.05, 0) is 51.7 Å². The van der Waals surface area contributed by atoms with Gasteiger partial charge in [-0.15, -0.1) is 0 Å². The smallest absolute Gasteiger partial charge is 0.0952 e. The van der Waals surface area contributed by atoms with Crippen molar-refractivity contribution in [2.24, 2.45) is 0 Å². The Morgan fingerprint density at radius 1 is 0.933 bits per heavy atom. The lowest BCUT2D eigenvalue weighted by molar-refractivity contribution is 0.0744. The molecule has 0 bridgehead atoms. The first-order valence-corrected chi connectivity index (χ1v) is 11.9. The van der Waals surface area contributed by atoms with Crippen molar-refractivity contribution in [2.45, 2.75) is 104 Å². The summed E-state index contributed by atoms with van der Waals surface area (Å²) in [5.41, 5.74) is 5.93. The first kappa shape index (κ1) is 21.6. The van der Waals surface area contributed by atoms with Gasteiger partial charge in [-0.2, -0.15) is 0 Å². The van der Waals surface area contributed by atoms with Crippen LogP contribution in [0.2, 0.25) is 0 Å². The maximum atomic E-state index is 4.90. The maximum Gasteiger partial charge on any atom is 0.0952 e. The molecule has 4 rings (SSSR count). The summed E-state index contributed by atoms with van der Waals surface area (Å²) in [6.07, 6.45) is 5.50. The van der Waals surface area contributed by atoms with E-state index in [-0.39, 0.29) is 5.54 Å². The van der Waals surface area contributed by atoms with Crippen molar-refractivity contribution < 1.29 is 0 Å². The highest BCUT2D eigenvalue weighted by Gasteiger charge is 2.34. The van der Waals surface area contributed by atoms with Crippen molar-refractivity contribution in [3.05, 3.63) is 41.2 Å². The number of hydrogen-bond acceptors (Lipinski definition) is 3. The van der Waals surface area contributed by atoms with E-state index < -0.39 is 0 Å². The number of nitrogens with zero attached hydrogens (tertiary/aromatic N) is 5. The molecule has 2 aromatic rings. The highest BCUT2D eigenvalue weighted by atomic mass is 15.3. The Kier molecular flexibility index (Phi) is 5.88. The van der Waals surface area contributed by atoms with Crippen LogP contribution in [-0.2, 0) is 26.2 Å². The van der Waals surface area contributed by atoms with Gasteiger partial charge >= 0.3 is 0 Å². The maximum absolute atomic E-state index is 4.90. The molecule has 0 amide bonds. The Bertz CT molecular complexity index is 872. The molecule has 0 fully saturated rings. The Morgan fingerprint density at radius 3 is 2.37 bits per heavy atom. The molecule has 0 saturated carbocycles. The minimum Gasteiger partial charge on any atom is -0.349 e. The van der Waals surface area contributed by atoms with E-state index in [1.807, 2.05) is 0 Å². The molecule has 0 spiro atoms. The summed E-state index contributed by atoms with van der Waals surface area (Å²) in [6, 6.07) is 2.92. The number of aromatic nitrogens is 3. The second-order valence-electron chi connectivity index (χ2n) is 10.7. The van der Waals surface area contributed by atoms with Crippen molar-refractivity contribution in [1.82, 2.24) is 23.9 Å². The Hall–Kier alpha value is -1.59. The summed E-state index contributed by atoms with van der Waals surface area (Å²) >= 11 is 0. The van der Waals surface area contributed by atoms with E-state index >= 15 is 0 Å². The van der Waals surface area contributed by atoms with Gasteiger partial charge in [-0.1, -0.05) is 20.8 Å². The average molecular weight is 412 g/mol. The van der Waals surface area contributed by atoms with Gasteiger partial charge < -0.3 is 9.13 Å². The van der Waals surface area contributed by atoms with Crippen molar-refractivity contribution in [3.8, 4) is 0 Å². The first-order valence-electron chi connectivity index (χ1n) is 11.9. The SMILES string of the molecule is CC(C)c1ccn2c1CN(C(C)(C)CC(C)c1ncn3c1CN(C(C)C)CC3)CC2. The molecule has 0 aromatic carbocycles. The molecule has 5 heteroatoms. The van der Waals surface area contributed by atoms with E-state index in [9.17, 15) is 0 Å². The van der Waals surface area contributed by atoms with Crippen LogP contribution in [0.15, 0.2) is 18.6 Å². The molecule has 0 N–H and O–H groups in total. The fourth-order valence-electron chi connectivity index (χ4n) is 5.57. The molecule has 2 aliphatic heterocycles. The summed E-state index contributed by atoms with van der Waals surface area (Å²) in [5.74, 6) is 1.05. The molecule has 30 heavy (non-hydrogen) atoms. The minimum absolute atomic E-state index is 0.145. The van der Waals surface area contributed by atoms with Gasteiger partial charge in [0.15, 0.2) is 0 Å². The number of fused-ring (bicyclic) bond motifs is 2. The van der Waals surface area contributed by atoms with E-state index in [0.29, 0.717) is 17.9 Å². The lowest BCUT2D eigenvalue weighted by atomic mass is 9.86. The van der Waals surface area contributed by atoms with E-state index in [1.54, 1.807) is 0 Å². The molecule has 4 heterocycles. The molecule has 2 aromatic heterocycles. The van der Waals surface area contributed by atoms with E-state index in [4.69, 9.17) is 4.98 Å². The van der Waals surface area contributed by atoms with Crippen LogP contribution in [0.1, 0.15) is 89.4 Å². The zero-order valence-corrected chi connectivity index (χ0v) is 20.1. The van der Waals surface area contributed by atoms with Gasteiger partial charge in [-0.25, -0.2) is 4.98 Å². The quantitative estimate of drug-likeness (QED) is 0.682. The predicted molar refractivity (Wildman–Crippen MR) is 124 cm³/mol. The third-order valence-electron chi connectivity index (χ3n) is 7.51. The van der Waals surface area contributed by atoms with Crippen LogP contribution < -0.4 is 0 Å². The Morgan fingerprint density at radius 2 is 1.67 bits per heavy atom. The van der Waals surface area contributed by atoms with Crippen LogP contribution in [0.25, 0.3) is 0 Å². The summed E-state index contributed by atoms with van der Waals surface area (Å²) in [5, 5.41) is 0. The monoisotopic (exact) mass is 411 g/mol. The second kappa shape index (κ2) is 8.16. The summed E-state index contributed by atoms with van der Waals surface area (Å²) in [6.45, 7) is 23.0. The van der Waals surface area contributed by atoms with Gasteiger partial charge in [0.1, 0.15) is 0 Å². The second-order valence-corrected chi connectivity index (χ2v) is 10.7. The predicted octanol–water partition coefficient (Wildman–Crippen LogP) is 4.82. The fraction of sp³-hybridized carbons (Fsp3) is 0.720. The summed E-state index contributed by atoms with van der Waals surface area (Å²) < 4.78 is 4.86. The molecular formula is C25H41N5. The third-order valence-corrected chi connectivity index (χ3v) is 7.51. The largest absolute Gasteiger partial charge is 0.349 e. The topological polar surface area (TPSA) is 29.2 Å². The standard InChI is InChI=1S/C25H41N5/c1-18(2)21-8-9-27-12-13-30(16-22(21)27)25(6,7)14-20(5)24-23-15-28(19(3)4)10-11-29(23)17-26-24/h8-9,17-20H,10-16H2,1-7H3. The lowest BCUT2D eigenvalue weighted by Crippen LogP contribution is -2.48. The van der Waals surface area contributed by atoms with Crippen LogP contribution in [0.4, 0.5) is 0 Å². The molecule has 0 radical (unpaired) electrons. The van der Waals surface area contributed by atoms with E-state index in [0.717, 1.165) is 45.7 Å². The molecule has 2 aliphatic rings. The lowest BCUT2D eigenvalue weighted by Gasteiger charge is -2.43. The number of rotatable bonds is 6. The van der Waals surface area contributed by atoms with Gasteiger partial charge in [-0.3, -0.25) is 9.80 Å². The highest BCUT2D eigenvalue weighted by Crippen LogP contribution is 2.35. The Labute approximate surface area is 183 Å². The van der Waals surface area contributed by atoms with Crippen molar-refractivity contribution in [3.63, 3.8) is 0 Å². The fourth-order valence-corrected chi connectivity index (χ4v) is 5.57. The zero-order chi connectivity index (χ0) is 21.6. The average Bonchev–Trinajstić information content (AvgIpc) is 3.30. The molecule has 0 aliphatic carbocycles.